The van der Waals surface area contributed by atoms with E-state index in [2.05, 4.69) is 20.9 Å². The lowest BCUT2D eigenvalue weighted by Crippen LogP contribution is -2.40. The van der Waals surface area contributed by atoms with Crippen LogP contribution in [-0.4, -0.2) is 49.5 Å². The second-order valence-corrected chi connectivity index (χ2v) is 10.3. The molecular weight excluding hydrogens is 478 g/mol. The van der Waals surface area contributed by atoms with Gasteiger partial charge in [0, 0.05) is 30.2 Å². The van der Waals surface area contributed by atoms with Crippen molar-refractivity contribution in [3.8, 4) is 0 Å². The first-order valence-corrected chi connectivity index (χ1v) is 11.9. The number of fused-ring (bicyclic) bond motifs is 1. The van der Waals surface area contributed by atoms with Crippen LogP contribution in [0.2, 0.25) is 0 Å². The van der Waals surface area contributed by atoms with Crippen LogP contribution in [0.15, 0.2) is 56.8 Å². The molecule has 0 N–H and O–H groups in total. The highest BCUT2D eigenvalue weighted by atomic mass is 79.9. The molecule has 0 radical (unpaired) electrons. The number of hydrogen-bond donors (Lipinski definition) is 0. The summed E-state index contributed by atoms with van der Waals surface area (Å²) in [5.74, 6) is -0.418. The highest BCUT2D eigenvalue weighted by molar-refractivity contribution is 9.10. The van der Waals surface area contributed by atoms with E-state index in [9.17, 15) is 13.2 Å². The first kappa shape index (κ1) is 20.4. The van der Waals surface area contributed by atoms with Crippen molar-refractivity contribution in [2.75, 3.05) is 26.3 Å². The van der Waals surface area contributed by atoms with Crippen LogP contribution in [0.5, 0.6) is 0 Å². The minimum atomic E-state index is -3.59. The zero-order chi connectivity index (χ0) is 20.6. The normalized spacial score (nSPS) is 16.4. The standard InChI is InChI=1S/C19H18BrN3O4S2/c1-22-17-15(20)3-2-4-16(17)28-19(22)21-18(24)13-5-7-14(8-6-13)29(25,26)23-9-11-27-12-10-23/h2-8H,9-12H2,1H3. The molecule has 1 aliphatic heterocycles. The van der Waals surface area contributed by atoms with Gasteiger partial charge in [-0.05, 0) is 52.3 Å². The zero-order valence-electron chi connectivity index (χ0n) is 15.5. The lowest BCUT2D eigenvalue weighted by atomic mass is 10.2. The Morgan fingerprint density at radius 3 is 2.48 bits per heavy atom. The van der Waals surface area contributed by atoms with Crippen LogP contribution in [0.25, 0.3) is 10.2 Å². The maximum Gasteiger partial charge on any atom is 0.279 e. The summed E-state index contributed by atoms with van der Waals surface area (Å²) in [7, 11) is -1.73. The number of sulfonamides is 1. The number of benzene rings is 2. The zero-order valence-corrected chi connectivity index (χ0v) is 18.8. The molecule has 1 amide bonds. The number of ether oxygens (including phenoxy) is 1. The van der Waals surface area contributed by atoms with Gasteiger partial charge in [-0.15, -0.1) is 0 Å². The summed E-state index contributed by atoms with van der Waals surface area (Å²) >= 11 is 4.94. The first-order chi connectivity index (χ1) is 13.9. The van der Waals surface area contributed by atoms with Crippen molar-refractivity contribution in [3.63, 3.8) is 0 Å². The monoisotopic (exact) mass is 495 g/mol. The van der Waals surface area contributed by atoms with E-state index in [4.69, 9.17) is 4.74 Å². The van der Waals surface area contributed by atoms with Gasteiger partial charge < -0.3 is 9.30 Å². The predicted octanol–water partition coefficient (Wildman–Crippen LogP) is 2.76. The van der Waals surface area contributed by atoms with Gasteiger partial charge in [0.1, 0.15) is 0 Å². The fourth-order valence-corrected chi connectivity index (χ4v) is 6.34. The van der Waals surface area contributed by atoms with Crippen molar-refractivity contribution in [1.29, 1.82) is 0 Å². The predicted molar refractivity (Wildman–Crippen MR) is 114 cm³/mol. The van der Waals surface area contributed by atoms with Crippen LogP contribution in [0.4, 0.5) is 0 Å². The number of morpholine rings is 1. The van der Waals surface area contributed by atoms with Crippen LogP contribution < -0.4 is 4.80 Å². The minimum absolute atomic E-state index is 0.160. The lowest BCUT2D eigenvalue weighted by molar-refractivity contribution is 0.0730. The summed E-state index contributed by atoms with van der Waals surface area (Å²) in [6.45, 7) is 1.43. The fraction of sp³-hybridized carbons (Fsp3) is 0.263. The smallest absolute Gasteiger partial charge is 0.279 e. The number of halogens is 1. The van der Waals surface area contributed by atoms with Gasteiger partial charge in [-0.3, -0.25) is 4.79 Å². The van der Waals surface area contributed by atoms with E-state index in [0.29, 0.717) is 36.7 Å². The largest absolute Gasteiger partial charge is 0.379 e. The molecule has 0 spiro atoms. The lowest BCUT2D eigenvalue weighted by Gasteiger charge is -2.26. The topological polar surface area (TPSA) is 81.0 Å². The Balaban J connectivity index is 1.63. The number of rotatable bonds is 3. The Hall–Kier alpha value is -1.85. The second-order valence-electron chi connectivity index (χ2n) is 6.49. The Kier molecular flexibility index (Phi) is 5.71. The van der Waals surface area contributed by atoms with Gasteiger partial charge in [-0.2, -0.15) is 9.30 Å². The molecule has 0 bridgehead atoms. The van der Waals surface area contributed by atoms with E-state index in [1.165, 1.54) is 39.9 Å². The van der Waals surface area contributed by atoms with Gasteiger partial charge >= 0.3 is 0 Å². The molecule has 2 aromatic carbocycles. The summed E-state index contributed by atoms with van der Waals surface area (Å²) in [4.78, 5) is 17.6. The molecular formula is C19H18BrN3O4S2. The Bertz CT molecular complexity index is 1240. The molecule has 0 saturated carbocycles. The fourth-order valence-electron chi connectivity index (χ4n) is 3.12. The number of aromatic nitrogens is 1. The highest BCUT2D eigenvalue weighted by Crippen LogP contribution is 2.25. The first-order valence-electron chi connectivity index (χ1n) is 8.89. The van der Waals surface area contributed by atoms with Crippen LogP contribution in [0.1, 0.15) is 10.4 Å². The third-order valence-electron chi connectivity index (χ3n) is 4.68. The van der Waals surface area contributed by atoms with Crippen molar-refractivity contribution >= 4 is 53.4 Å². The van der Waals surface area contributed by atoms with Gasteiger partial charge in [-0.1, -0.05) is 17.4 Å². The minimum Gasteiger partial charge on any atom is -0.379 e. The van der Waals surface area contributed by atoms with Crippen molar-refractivity contribution in [3.05, 3.63) is 57.3 Å². The number of amides is 1. The molecule has 0 atom stereocenters. The van der Waals surface area contributed by atoms with Crippen LogP contribution in [0, 0.1) is 0 Å². The van der Waals surface area contributed by atoms with Crippen molar-refractivity contribution < 1.29 is 17.9 Å². The van der Waals surface area contributed by atoms with Crippen molar-refractivity contribution in [2.24, 2.45) is 12.0 Å². The van der Waals surface area contributed by atoms with E-state index >= 15 is 0 Å². The molecule has 10 heteroatoms. The summed E-state index contributed by atoms with van der Waals surface area (Å²) in [5.41, 5.74) is 1.30. The van der Waals surface area contributed by atoms with E-state index < -0.39 is 15.9 Å². The number of hydrogen-bond acceptors (Lipinski definition) is 5. The van der Waals surface area contributed by atoms with Gasteiger partial charge in [0.25, 0.3) is 5.91 Å². The summed E-state index contributed by atoms with van der Waals surface area (Å²) in [5, 5.41) is 0. The molecule has 4 rings (SSSR count). The number of para-hydroxylation sites is 1. The summed E-state index contributed by atoms with van der Waals surface area (Å²) < 4.78 is 35.8. The van der Waals surface area contributed by atoms with E-state index in [-0.39, 0.29) is 4.90 Å². The maximum absolute atomic E-state index is 12.7. The van der Waals surface area contributed by atoms with Crippen molar-refractivity contribution in [1.82, 2.24) is 8.87 Å². The molecule has 2 heterocycles. The average molecular weight is 496 g/mol. The molecule has 0 unspecified atom stereocenters. The quantitative estimate of drug-likeness (QED) is 0.559. The Morgan fingerprint density at radius 1 is 1.14 bits per heavy atom. The molecule has 1 aliphatic rings. The molecule has 7 nitrogen and oxygen atoms in total. The SMILES string of the molecule is Cn1c(=NC(=O)c2ccc(S(=O)(=O)N3CCOCC3)cc2)sc2cccc(Br)c21. The molecule has 29 heavy (non-hydrogen) atoms. The molecule has 0 aliphatic carbocycles. The molecule has 3 aromatic rings. The van der Waals surface area contributed by atoms with Gasteiger partial charge in [0.05, 0.1) is 28.3 Å². The number of aryl methyl sites for hydroxylation is 1. The molecule has 1 aromatic heterocycles. The summed E-state index contributed by atoms with van der Waals surface area (Å²) in [6.07, 6.45) is 0. The van der Waals surface area contributed by atoms with E-state index in [1.807, 2.05) is 29.8 Å². The van der Waals surface area contributed by atoms with Gasteiger partial charge in [0.2, 0.25) is 10.0 Å². The van der Waals surface area contributed by atoms with Crippen LogP contribution in [-0.2, 0) is 21.8 Å². The highest BCUT2D eigenvalue weighted by Gasteiger charge is 2.26. The van der Waals surface area contributed by atoms with Crippen LogP contribution >= 0.6 is 27.3 Å². The third kappa shape index (κ3) is 3.95. The third-order valence-corrected chi connectivity index (χ3v) is 8.33. The number of carbonyl (C=O) groups is 1. The second kappa shape index (κ2) is 8.11. The average Bonchev–Trinajstić information content (AvgIpc) is 3.05. The number of nitrogens with zero attached hydrogens (tertiary/aromatic N) is 3. The van der Waals surface area contributed by atoms with E-state index in [1.54, 1.807) is 0 Å². The Morgan fingerprint density at radius 2 is 1.83 bits per heavy atom. The Labute approximate surface area is 180 Å². The van der Waals surface area contributed by atoms with Gasteiger partial charge in [-0.25, -0.2) is 8.42 Å². The molecule has 152 valence electrons. The molecule has 1 saturated heterocycles. The maximum atomic E-state index is 12.7. The van der Waals surface area contributed by atoms with Crippen LogP contribution in [0.3, 0.4) is 0 Å². The molecule has 1 fully saturated rings. The van der Waals surface area contributed by atoms with Crippen molar-refractivity contribution in [2.45, 2.75) is 4.90 Å². The number of carbonyl (C=O) groups excluding carboxylic acids is 1. The number of thiazole rings is 1. The van der Waals surface area contributed by atoms with E-state index in [0.717, 1.165) is 14.7 Å². The van der Waals surface area contributed by atoms with Gasteiger partial charge in [0.15, 0.2) is 4.80 Å². The summed E-state index contributed by atoms with van der Waals surface area (Å²) in [6, 6.07) is 11.8.